The number of nitrogens with zero attached hydrogens (tertiary/aromatic N) is 3. The van der Waals surface area contributed by atoms with Gasteiger partial charge in [0.25, 0.3) is 5.91 Å². The first-order valence-corrected chi connectivity index (χ1v) is 8.08. The van der Waals surface area contributed by atoms with E-state index in [0.29, 0.717) is 25.3 Å². The standard InChI is InChI=1S/C18H23N3O3/c1-23-12-16-9-17(24-2)11-21(16)18(22)15-5-3-4-14(8-15)10-20-7-6-19-13-20/h3-8,13,16-17H,9-12H2,1-2H3/t16-,17-/m0/s1. The topological polar surface area (TPSA) is 56.6 Å². The molecule has 1 aromatic heterocycles. The summed E-state index contributed by atoms with van der Waals surface area (Å²) >= 11 is 0. The average molecular weight is 329 g/mol. The van der Waals surface area contributed by atoms with Crippen molar-refractivity contribution in [2.75, 3.05) is 27.4 Å². The summed E-state index contributed by atoms with van der Waals surface area (Å²) in [5.41, 5.74) is 1.77. The van der Waals surface area contributed by atoms with Crippen LogP contribution in [-0.2, 0) is 16.0 Å². The van der Waals surface area contributed by atoms with Gasteiger partial charge in [-0.2, -0.15) is 0 Å². The summed E-state index contributed by atoms with van der Waals surface area (Å²) in [4.78, 5) is 18.9. The first-order chi connectivity index (χ1) is 11.7. The highest BCUT2D eigenvalue weighted by atomic mass is 16.5. The molecule has 24 heavy (non-hydrogen) atoms. The van der Waals surface area contributed by atoms with Gasteiger partial charge in [-0.3, -0.25) is 4.79 Å². The van der Waals surface area contributed by atoms with Gasteiger partial charge in [-0.25, -0.2) is 4.98 Å². The quantitative estimate of drug-likeness (QED) is 0.811. The second kappa shape index (κ2) is 7.59. The van der Waals surface area contributed by atoms with E-state index in [0.717, 1.165) is 12.0 Å². The van der Waals surface area contributed by atoms with Crippen LogP contribution in [0.25, 0.3) is 0 Å². The largest absolute Gasteiger partial charge is 0.383 e. The zero-order valence-electron chi connectivity index (χ0n) is 14.1. The third-order valence-electron chi connectivity index (χ3n) is 4.43. The van der Waals surface area contributed by atoms with Crippen LogP contribution in [0.4, 0.5) is 0 Å². The normalized spacial score (nSPS) is 20.5. The van der Waals surface area contributed by atoms with E-state index in [-0.39, 0.29) is 18.1 Å². The van der Waals surface area contributed by atoms with Gasteiger partial charge in [0, 0.05) is 45.3 Å². The highest BCUT2D eigenvalue weighted by molar-refractivity contribution is 5.94. The van der Waals surface area contributed by atoms with Crippen LogP contribution >= 0.6 is 0 Å². The zero-order valence-corrected chi connectivity index (χ0v) is 14.1. The Labute approximate surface area is 142 Å². The Morgan fingerprint density at radius 2 is 2.25 bits per heavy atom. The lowest BCUT2D eigenvalue weighted by Crippen LogP contribution is -2.38. The Bertz CT molecular complexity index is 672. The third-order valence-corrected chi connectivity index (χ3v) is 4.43. The van der Waals surface area contributed by atoms with Crippen molar-refractivity contribution in [2.24, 2.45) is 0 Å². The molecule has 0 N–H and O–H groups in total. The molecule has 2 atom stereocenters. The fraction of sp³-hybridized carbons (Fsp3) is 0.444. The molecule has 1 aliphatic heterocycles. The van der Waals surface area contributed by atoms with Crippen molar-refractivity contribution in [3.05, 3.63) is 54.1 Å². The lowest BCUT2D eigenvalue weighted by Gasteiger charge is -2.24. The molecule has 0 spiro atoms. The minimum Gasteiger partial charge on any atom is -0.383 e. The lowest BCUT2D eigenvalue weighted by atomic mass is 10.1. The summed E-state index contributed by atoms with van der Waals surface area (Å²) in [5, 5.41) is 0. The van der Waals surface area contributed by atoms with E-state index in [4.69, 9.17) is 9.47 Å². The number of ether oxygens (including phenoxy) is 2. The van der Waals surface area contributed by atoms with Crippen molar-refractivity contribution in [3.8, 4) is 0 Å². The van der Waals surface area contributed by atoms with E-state index in [1.807, 2.05) is 39.9 Å². The maximum absolute atomic E-state index is 12.9. The molecule has 0 unspecified atom stereocenters. The summed E-state index contributed by atoms with van der Waals surface area (Å²) in [6, 6.07) is 7.82. The van der Waals surface area contributed by atoms with Gasteiger partial charge >= 0.3 is 0 Å². The molecule has 0 saturated carbocycles. The number of aromatic nitrogens is 2. The number of rotatable bonds is 6. The predicted octanol–water partition coefficient (Wildman–Crippen LogP) is 1.81. The Kier molecular flexibility index (Phi) is 5.27. The number of likely N-dealkylation sites (tertiary alicyclic amines) is 1. The van der Waals surface area contributed by atoms with E-state index in [1.165, 1.54) is 0 Å². The molecule has 2 aromatic rings. The molecule has 6 nitrogen and oxygen atoms in total. The van der Waals surface area contributed by atoms with Crippen molar-refractivity contribution in [1.29, 1.82) is 0 Å². The van der Waals surface area contributed by atoms with E-state index < -0.39 is 0 Å². The van der Waals surface area contributed by atoms with Gasteiger partial charge in [0.05, 0.1) is 25.1 Å². The van der Waals surface area contributed by atoms with Gasteiger partial charge in [-0.1, -0.05) is 12.1 Å². The second-order valence-corrected chi connectivity index (χ2v) is 6.10. The van der Waals surface area contributed by atoms with Crippen LogP contribution < -0.4 is 0 Å². The lowest BCUT2D eigenvalue weighted by molar-refractivity contribution is 0.0612. The van der Waals surface area contributed by atoms with E-state index in [1.54, 1.807) is 26.7 Å². The summed E-state index contributed by atoms with van der Waals surface area (Å²) in [7, 11) is 3.35. The van der Waals surface area contributed by atoms with Crippen molar-refractivity contribution < 1.29 is 14.3 Å². The van der Waals surface area contributed by atoms with Gasteiger partial charge in [-0.05, 0) is 24.1 Å². The number of benzene rings is 1. The Morgan fingerprint density at radius 3 is 2.96 bits per heavy atom. The molecule has 128 valence electrons. The highest BCUT2D eigenvalue weighted by Crippen LogP contribution is 2.23. The minimum atomic E-state index is 0.0316. The number of amides is 1. The van der Waals surface area contributed by atoms with Gasteiger partial charge < -0.3 is 18.9 Å². The number of methoxy groups -OCH3 is 2. The minimum absolute atomic E-state index is 0.0316. The summed E-state index contributed by atoms with van der Waals surface area (Å²) in [5.74, 6) is 0.0316. The van der Waals surface area contributed by atoms with Crippen LogP contribution in [-0.4, -0.2) is 59.9 Å². The first-order valence-electron chi connectivity index (χ1n) is 8.08. The van der Waals surface area contributed by atoms with Crippen LogP contribution in [0.3, 0.4) is 0 Å². The first kappa shape index (κ1) is 16.7. The molecule has 0 bridgehead atoms. The molecule has 1 fully saturated rings. The number of hydrogen-bond donors (Lipinski definition) is 0. The van der Waals surface area contributed by atoms with Crippen LogP contribution in [0, 0.1) is 0 Å². The summed E-state index contributed by atoms with van der Waals surface area (Å²) in [6.07, 6.45) is 6.31. The second-order valence-electron chi connectivity index (χ2n) is 6.10. The Morgan fingerprint density at radius 1 is 1.38 bits per heavy atom. The third kappa shape index (κ3) is 3.66. The van der Waals surface area contributed by atoms with Gasteiger partial charge in [0.2, 0.25) is 0 Å². The van der Waals surface area contributed by atoms with E-state index >= 15 is 0 Å². The molecule has 1 saturated heterocycles. The van der Waals surface area contributed by atoms with E-state index in [2.05, 4.69) is 4.98 Å². The molecule has 0 aliphatic carbocycles. The van der Waals surface area contributed by atoms with Crippen LogP contribution in [0.1, 0.15) is 22.3 Å². The predicted molar refractivity (Wildman–Crippen MR) is 89.9 cm³/mol. The van der Waals surface area contributed by atoms with Gasteiger partial charge in [0.1, 0.15) is 0 Å². The fourth-order valence-electron chi connectivity index (χ4n) is 3.20. The molecule has 1 aliphatic rings. The maximum Gasteiger partial charge on any atom is 0.254 e. The van der Waals surface area contributed by atoms with E-state index in [9.17, 15) is 4.79 Å². The SMILES string of the molecule is COC[C@@H]1C[C@H](OC)CN1C(=O)c1cccc(Cn2ccnc2)c1. The van der Waals surface area contributed by atoms with Crippen molar-refractivity contribution in [1.82, 2.24) is 14.5 Å². The zero-order chi connectivity index (χ0) is 16.9. The molecule has 3 rings (SSSR count). The van der Waals surface area contributed by atoms with Gasteiger partial charge in [0.15, 0.2) is 0 Å². The van der Waals surface area contributed by atoms with Crippen LogP contribution in [0.2, 0.25) is 0 Å². The highest BCUT2D eigenvalue weighted by Gasteiger charge is 2.35. The molecule has 6 heteroatoms. The molecular weight excluding hydrogens is 306 g/mol. The van der Waals surface area contributed by atoms with Crippen molar-refractivity contribution in [3.63, 3.8) is 0 Å². The smallest absolute Gasteiger partial charge is 0.254 e. The average Bonchev–Trinajstić information content (AvgIpc) is 3.24. The monoisotopic (exact) mass is 329 g/mol. The molecule has 0 radical (unpaired) electrons. The Balaban J connectivity index is 1.76. The number of carbonyl (C=O) groups is 1. The summed E-state index contributed by atoms with van der Waals surface area (Å²) < 4.78 is 12.7. The Hall–Kier alpha value is -2.18. The molecule has 2 heterocycles. The van der Waals surface area contributed by atoms with Crippen molar-refractivity contribution in [2.45, 2.75) is 25.1 Å². The molecule has 1 amide bonds. The van der Waals surface area contributed by atoms with Gasteiger partial charge in [-0.15, -0.1) is 0 Å². The van der Waals surface area contributed by atoms with Crippen LogP contribution in [0.5, 0.6) is 0 Å². The number of carbonyl (C=O) groups excluding carboxylic acids is 1. The molecule has 1 aromatic carbocycles. The molecular formula is C18H23N3O3. The number of hydrogen-bond acceptors (Lipinski definition) is 4. The number of imidazole rings is 1. The summed E-state index contributed by atoms with van der Waals surface area (Å²) in [6.45, 7) is 1.83. The van der Waals surface area contributed by atoms with Crippen molar-refractivity contribution >= 4 is 5.91 Å². The van der Waals surface area contributed by atoms with Crippen LogP contribution in [0.15, 0.2) is 43.0 Å². The fourth-order valence-corrected chi connectivity index (χ4v) is 3.20. The maximum atomic E-state index is 12.9.